The Bertz CT molecular complexity index is 611. The summed E-state index contributed by atoms with van der Waals surface area (Å²) in [6.07, 6.45) is 0. The van der Waals surface area contributed by atoms with Crippen molar-refractivity contribution in [2.24, 2.45) is 0 Å². The first-order valence-electron chi connectivity index (χ1n) is 6.35. The molecule has 0 aliphatic rings. The quantitative estimate of drug-likeness (QED) is 0.884. The third kappa shape index (κ3) is 2.96. The second-order valence-corrected chi connectivity index (χ2v) is 4.58. The number of nitrogens with zero attached hydrogens (tertiary/aromatic N) is 2. The summed E-state index contributed by atoms with van der Waals surface area (Å²) < 4.78 is 27.7. The van der Waals surface area contributed by atoms with Crippen LogP contribution in [0.5, 0.6) is 0 Å². The van der Waals surface area contributed by atoms with Crippen LogP contribution in [0.3, 0.4) is 0 Å². The molecule has 0 radical (unpaired) electrons. The van der Waals surface area contributed by atoms with Gasteiger partial charge in [-0.15, -0.1) is 0 Å². The van der Waals surface area contributed by atoms with Gasteiger partial charge in [-0.05, 0) is 26.0 Å². The highest BCUT2D eigenvalue weighted by atomic mass is 19.2. The van der Waals surface area contributed by atoms with Crippen molar-refractivity contribution in [2.75, 3.05) is 11.9 Å². The molecule has 0 bridgehead atoms. The fourth-order valence-corrected chi connectivity index (χ4v) is 2.10. The lowest BCUT2D eigenvalue weighted by molar-refractivity contribution is 0.268. The summed E-state index contributed by atoms with van der Waals surface area (Å²) >= 11 is 0. The lowest BCUT2D eigenvalue weighted by atomic mass is 10.2. The highest BCUT2D eigenvalue weighted by Gasteiger charge is 2.11. The van der Waals surface area contributed by atoms with E-state index < -0.39 is 11.6 Å². The molecule has 1 aromatic heterocycles. The maximum Gasteiger partial charge on any atom is 0.160 e. The Kier molecular flexibility index (Phi) is 4.34. The van der Waals surface area contributed by atoms with Crippen molar-refractivity contribution in [2.45, 2.75) is 26.9 Å². The van der Waals surface area contributed by atoms with Crippen molar-refractivity contribution in [3.63, 3.8) is 0 Å². The Labute approximate surface area is 116 Å². The van der Waals surface area contributed by atoms with Crippen molar-refractivity contribution >= 4 is 5.69 Å². The lowest BCUT2D eigenvalue weighted by Crippen LogP contribution is -2.07. The van der Waals surface area contributed by atoms with Gasteiger partial charge in [-0.2, -0.15) is 5.10 Å². The molecule has 0 spiro atoms. The highest BCUT2D eigenvalue weighted by molar-refractivity contribution is 5.44. The molecule has 0 fully saturated rings. The average Bonchev–Trinajstić information content (AvgIpc) is 2.67. The Morgan fingerprint density at radius 1 is 1.25 bits per heavy atom. The molecule has 4 nitrogen and oxygen atoms in total. The van der Waals surface area contributed by atoms with Crippen molar-refractivity contribution in [3.8, 4) is 0 Å². The SMILES string of the molecule is Cc1nn(CCO)c(C)c1CNc1ccc(F)c(F)c1. The summed E-state index contributed by atoms with van der Waals surface area (Å²) in [5.74, 6) is -1.74. The first-order valence-corrected chi connectivity index (χ1v) is 6.35. The second kappa shape index (κ2) is 6.00. The van der Waals surface area contributed by atoms with Crippen LogP contribution < -0.4 is 5.32 Å². The molecular weight excluding hydrogens is 264 g/mol. The van der Waals surface area contributed by atoms with Crippen molar-refractivity contribution in [1.29, 1.82) is 0 Å². The maximum atomic E-state index is 13.1. The van der Waals surface area contributed by atoms with Gasteiger partial charge in [0.2, 0.25) is 0 Å². The Balaban J connectivity index is 2.12. The number of rotatable bonds is 5. The standard InChI is InChI=1S/C14H17F2N3O/c1-9-12(10(2)19(18-9)5-6-20)8-17-11-3-4-13(15)14(16)7-11/h3-4,7,17,20H,5-6,8H2,1-2H3. The van der Waals surface area contributed by atoms with Gasteiger partial charge in [0.1, 0.15) is 0 Å². The zero-order valence-corrected chi connectivity index (χ0v) is 11.5. The van der Waals surface area contributed by atoms with E-state index in [2.05, 4.69) is 10.4 Å². The minimum Gasteiger partial charge on any atom is -0.394 e. The largest absolute Gasteiger partial charge is 0.394 e. The van der Waals surface area contributed by atoms with Crippen LogP contribution in [0.25, 0.3) is 0 Å². The third-order valence-electron chi connectivity index (χ3n) is 3.23. The number of aromatic nitrogens is 2. The van der Waals surface area contributed by atoms with E-state index >= 15 is 0 Å². The van der Waals surface area contributed by atoms with Crippen LogP contribution in [0.15, 0.2) is 18.2 Å². The number of anilines is 1. The fraction of sp³-hybridized carbons (Fsp3) is 0.357. The number of aliphatic hydroxyl groups excluding tert-OH is 1. The van der Waals surface area contributed by atoms with E-state index in [0.29, 0.717) is 18.8 Å². The number of hydrogen-bond acceptors (Lipinski definition) is 3. The van der Waals surface area contributed by atoms with Gasteiger partial charge in [0.05, 0.1) is 18.8 Å². The first-order chi connectivity index (χ1) is 9.52. The number of halogens is 2. The topological polar surface area (TPSA) is 50.1 Å². The van der Waals surface area contributed by atoms with Gasteiger partial charge in [-0.1, -0.05) is 0 Å². The van der Waals surface area contributed by atoms with Crippen LogP contribution in [0.4, 0.5) is 14.5 Å². The summed E-state index contributed by atoms with van der Waals surface area (Å²) in [6, 6.07) is 3.70. The van der Waals surface area contributed by atoms with Gasteiger partial charge >= 0.3 is 0 Å². The van der Waals surface area contributed by atoms with Crippen molar-refractivity contribution < 1.29 is 13.9 Å². The van der Waals surface area contributed by atoms with E-state index in [1.807, 2.05) is 13.8 Å². The van der Waals surface area contributed by atoms with Crippen LogP contribution in [0.1, 0.15) is 17.0 Å². The maximum absolute atomic E-state index is 13.1. The number of hydrogen-bond donors (Lipinski definition) is 2. The molecule has 0 saturated heterocycles. The predicted molar refractivity (Wildman–Crippen MR) is 72.5 cm³/mol. The summed E-state index contributed by atoms with van der Waals surface area (Å²) in [5.41, 5.74) is 3.30. The number of aryl methyl sites for hydroxylation is 1. The van der Waals surface area contributed by atoms with Gasteiger partial charge in [0.25, 0.3) is 0 Å². The van der Waals surface area contributed by atoms with Gasteiger partial charge in [0.15, 0.2) is 11.6 Å². The predicted octanol–water partition coefficient (Wildman–Crippen LogP) is 2.38. The Hall–Kier alpha value is -1.95. The van der Waals surface area contributed by atoms with E-state index in [-0.39, 0.29) is 6.61 Å². The van der Waals surface area contributed by atoms with Crippen LogP contribution in [0, 0.1) is 25.5 Å². The van der Waals surface area contributed by atoms with Crippen molar-refractivity contribution in [1.82, 2.24) is 9.78 Å². The van der Waals surface area contributed by atoms with E-state index in [4.69, 9.17) is 5.11 Å². The molecule has 1 aromatic carbocycles. The minimum atomic E-state index is -0.876. The molecular formula is C14H17F2N3O. The molecule has 6 heteroatoms. The van der Waals surface area contributed by atoms with Gasteiger partial charge in [-0.3, -0.25) is 4.68 Å². The minimum absolute atomic E-state index is 0.0258. The average molecular weight is 281 g/mol. The van der Waals surface area contributed by atoms with Crippen LogP contribution in [0.2, 0.25) is 0 Å². The molecule has 2 aromatic rings. The number of benzene rings is 1. The normalized spacial score (nSPS) is 10.8. The van der Waals surface area contributed by atoms with Gasteiger partial charge in [0, 0.05) is 29.6 Å². The van der Waals surface area contributed by atoms with Crippen LogP contribution in [-0.4, -0.2) is 21.5 Å². The van der Waals surface area contributed by atoms with Gasteiger partial charge in [-0.25, -0.2) is 8.78 Å². The molecule has 20 heavy (non-hydrogen) atoms. The summed E-state index contributed by atoms with van der Waals surface area (Å²) in [4.78, 5) is 0. The Morgan fingerprint density at radius 2 is 2.00 bits per heavy atom. The highest BCUT2D eigenvalue weighted by Crippen LogP contribution is 2.17. The first kappa shape index (κ1) is 14.5. The number of aliphatic hydroxyl groups is 1. The summed E-state index contributed by atoms with van der Waals surface area (Å²) in [5, 5.41) is 16.3. The Morgan fingerprint density at radius 3 is 2.65 bits per heavy atom. The molecule has 0 aliphatic heterocycles. The van der Waals surface area contributed by atoms with E-state index in [9.17, 15) is 8.78 Å². The zero-order valence-electron chi connectivity index (χ0n) is 11.5. The van der Waals surface area contributed by atoms with Crippen LogP contribution >= 0.6 is 0 Å². The third-order valence-corrected chi connectivity index (χ3v) is 3.23. The zero-order chi connectivity index (χ0) is 14.7. The van der Waals surface area contributed by atoms with E-state index in [0.717, 1.165) is 29.1 Å². The molecule has 0 unspecified atom stereocenters. The molecule has 2 N–H and O–H groups in total. The van der Waals surface area contributed by atoms with Crippen molar-refractivity contribution in [3.05, 3.63) is 46.8 Å². The number of nitrogens with one attached hydrogen (secondary N) is 1. The molecule has 1 heterocycles. The molecule has 0 amide bonds. The fourth-order valence-electron chi connectivity index (χ4n) is 2.10. The smallest absolute Gasteiger partial charge is 0.160 e. The molecule has 0 aliphatic carbocycles. The lowest BCUT2D eigenvalue weighted by Gasteiger charge is -2.08. The molecule has 2 rings (SSSR count). The molecule has 0 atom stereocenters. The summed E-state index contributed by atoms with van der Waals surface area (Å²) in [7, 11) is 0. The monoisotopic (exact) mass is 281 g/mol. The molecule has 0 saturated carbocycles. The summed E-state index contributed by atoms with van der Waals surface area (Å²) in [6.45, 7) is 4.73. The van der Waals surface area contributed by atoms with E-state index in [1.165, 1.54) is 6.07 Å². The van der Waals surface area contributed by atoms with Crippen LogP contribution in [-0.2, 0) is 13.1 Å². The van der Waals surface area contributed by atoms with Gasteiger partial charge < -0.3 is 10.4 Å². The second-order valence-electron chi connectivity index (χ2n) is 4.58. The van der Waals surface area contributed by atoms with E-state index in [1.54, 1.807) is 4.68 Å². The molecule has 108 valence electrons.